The number of nitrogens with zero attached hydrogens (tertiary/aromatic N) is 4. The van der Waals surface area contributed by atoms with E-state index >= 15 is 0 Å². The van der Waals surface area contributed by atoms with Gasteiger partial charge in [0.25, 0.3) is 0 Å². The van der Waals surface area contributed by atoms with Gasteiger partial charge in [0, 0.05) is 6.42 Å². The topological polar surface area (TPSA) is 43.6 Å². The van der Waals surface area contributed by atoms with Crippen LogP contribution in [0, 0.1) is 6.92 Å². The van der Waals surface area contributed by atoms with Crippen LogP contribution in [0.2, 0.25) is 0 Å². The smallest absolute Gasteiger partial charge is 0.131 e. The van der Waals surface area contributed by atoms with Crippen LogP contribution in [0.3, 0.4) is 0 Å². The molecule has 2 aromatic carbocycles. The maximum atomic E-state index is 4.40. The van der Waals surface area contributed by atoms with E-state index in [1.54, 1.807) is 4.80 Å². The van der Waals surface area contributed by atoms with E-state index in [9.17, 15) is 0 Å². The number of hydrogen-bond acceptors (Lipinski definition) is 3. The van der Waals surface area contributed by atoms with E-state index in [1.165, 1.54) is 11.1 Å². The molecule has 0 aliphatic rings. The zero-order chi connectivity index (χ0) is 13.1. The van der Waals surface area contributed by atoms with Gasteiger partial charge in [-0.1, -0.05) is 48.0 Å². The zero-order valence-electron chi connectivity index (χ0n) is 10.7. The van der Waals surface area contributed by atoms with Gasteiger partial charge in [0.1, 0.15) is 0 Å². The van der Waals surface area contributed by atoms with Crippen LogP contribution in [0.15, 0.2) is 54.6 Å². The van der Waals surface area contributed by atoms with Crippen molar-refractivity contribution in [3.05, 3.63) is 71.5 Å². The monoisotopic (exact) mass is 250 g/mol. The van der Waals surface area contributed by atoms with Crippen LogP contribution in [0.1, 0.15) is 17.0 Å². The lowest BCUT2D eigenvalue weighted by Crippen LogP contribution is -1.99. The van der Waals surface area contributed by atoms with Gasteiger partial charge in [-0.3, -0.25) is 0 Å². The summed E-state index contributed by atoms with van der Waals surface area (Å²) in [5.41, 5.74) is 3.33. The molecule has 0 aliphatic heterocycles. The molecular weight excluding hydrogens is 236 g/mol. The number of aryl methyl sites for hydroxylation is 1. The lowest BCUT2D eigenvalue weighted by Gasteiger charge is -1.98. The Morgan fingerprint density at radius 3 is 2.42 bits per heavy atom. The van der Waals surface area contributed by atoms with Crippen LogP contribution >= 0.6 is 0 Å². The van der Waals surface area contributed by atoms with E-state index in [-0.39, 0.29) is 0 Å². The molecule has 3 aromatic rings. The average Bonchev–Trinajstić information content (AvgIpc) is 2.89. The second kappa shape index (κ2) is 5.02. The van der Waals surface area contributed by atoms with Gasteiger partial charge in [-0.15, -0.1) is 15.0 Å². The lowest BCUT2D eigenvalue weighted by atomic mass is 10.1. The Kier molecular flexibility index (Phi) is 3.06. The molecule has 0 radical (unpaired) electrons. The molecule has 0 aliphatic carbocycles. The SMILES string of the molecule is Cc1ccc(-n2nnc(Cc3ccccc3)n2)cc1. The molecule has 19 heavy (non-hydrogen) atoms. The maximum absolute atomic E-state index is 4.40. The number of hydrogen-bond donors (Lipinski definition) is 0. The van der Waals surface area contributed by atoms with Crippen LogP contribution in [-0.2, 0) is 6.42 Å². The first-order chi connectivity index (χ1) is 9.31. The van der Waals surface area contributed by atoms with Crippen LogP contribution in [0.5, 0.6) is 0 Å². The molecule has 0 bridgehead atoms. The summed E-state index contributed by atoms with van der Waals surface area (Å²) in [5, 5.41) is 12.6. The van der Waals surface area contributed by atoms with Crippen molar-refractivity contribution in [3.8, 4) is 5.69 Å². The van der Waals surface area contributed by atoms with Crippen LogP contribution < -0.4 is 0 Å². The van der Waals surface area contributed by atoms with E-state index in [1.807, 2.05) is 42.5 Å². The summed E-state index contributed by atoms with van der Waals surface area (Å²) in [6, 6.07) is 18.2. The largest absolute Gasteiger partial charge is 0.179 e. The highest BCUT2D eigenvalue weighted by molar-refractivity contribution is 5.32. The third-order valence-corrected chi connectivity index (χ3v) is 2.93. The lowest BCUT2D eigenvalue weighted by molar-refractivity contribution is 0.718. The molecule has 4 heteroatoms. The normalized spacial score (nSPS) is 10.6. The fourth-order valence-corrected chi connectivity index (χ4v) is 1.88. The summed E-state index contributed by atoms with van der Waals surface area (Å²) in [5.74, 6) is 0.728. The Balaban J connectivity index is 1.82. The fraction of sp³-hybridized carbons (Fsp3) is 0.133. The third kappa shape index (κ3) is 2.68. The number of tetrazole rings is 1. The molecular formula is C15H14N4. The number of rotatable bonds is 3. The van der Waals surface area contributed by atoms with Crippen LogP contribution in [0.25, 0.3) is 5.69 Å². The molecule has 0 spiro atoms. The van der Waals surface area contributed by atoms with Crippen molar-refractivity contribution in [3.63, 3.8) is 0 Å². The second-order valence-electron chi connectivity index (χ2n) is 4.49. The second-order valence-corrected chi connectivity index (χ2v) is 4.49. The first-order valence-corrected chi connectivity index (χ1v) is 6.21. The minimum atomic E-state index is 0.701. The van der Waals surface area contributed by atoms with Crippen molar-refractivity contribution in [2.24, 2.45) is 0 Å². The van der Waals surface area contributed by atoms with Gasteiger partial charge in [-0.2, -0.15) is 0 Å². The van der Waals surface area contributed by atoms with Gasteiger partial charge in [-0.05, 0) is 29.8 Å². The predicted octanol–water partition coefficient (Wildman–Crippen LogP) is 2.56. The van der Waals surface area contributed by atoms with Gasteiger partial charge < -0.3 is 0 Å². The number of aromatic nitrogens is 4. The molecule has 1 heterocycles. The predicted molar refractivity (Wildman–Crippen MR) is 73.1 cm³/mol. The van der Waals surface area contributed by atoms with E-state index < -0.39 is 0 Å². The summed E-state index contributed by atoms with van der Waals surface area (Å²) >= 11 is 0. The molecule has 0 saturated heterocycles. The molecule has 0 unspecified atom stereocenters. The minimum absolute atomic E-state index is 0.701. The van der Waals surface area contributed by atoms with Crippen molar-refractivity contribution < 1.29 is 0 Å². The Morgan fingerprint density at radius 1 is 0.947 bits per heavy atom. The summed E-state index contributed by atoms with van der Waals surface area (Å²) < 4.78 is 0. The van der Waals surface area contributed by atoms with Gasteiger partial charge in [0.2, 0.25) is 0 Å². The van der Waals surface area contributed by atoms with E-state index in [2.05, 4.69) is 34.5 Å². The summed E-state index contributed by atoms with van der Waals surface area (Å²) in [6.07, 6.45) is 0.701. The summed E-state index contributed by atoms with van der Waals surface area (Å²) in [6.45, 7) is 2.05. The van der Waals surface area contributed by atoms with E-state index in [0.29, 0.717) is 6.42 Å². The highest BCUT2D eigenvalue weighted by atomic mass is 15.6. The maximum Gasteiger partial charge on any atom is 0.179 e. The van der Waals surface area contributed by atoms with Crippen molar-refractivity contribution in [2.45, 2.75) is 13.3 Å². The van der Waals surface area contributed by atoms with Gasteiger partial charge >= 0.3 is 0 Å². The molecule has 0 N–H and O–H groups in total. The van der Waals surface area contributed by atoms with Crippen LogP contribution in [0.4, 0.5) is 0 Å². The van der Waals surface area contributed by atoms with Crippen molar-refractivity contribution in [1.82, 2.24) is 20.2 Å². The molecule has 0 atom stereocenters. The highest BCUT2D eigenvalue weighted by Gasteiger charge is 2.05. The number of benzene rings is 2. The van der Waals surface area contributed by atoms with E-state index in [4.69, 9.17) is 0 Å². The first-order valence-electron chi connectivity index (χ1n) is 6.21. The summed E-state index contributed by atoms with van der Waals surface area (Å²) in [4.78, 5) is 1.57. The fourth-order valence-electron chi connectivity index (χ4n) is 1.88. The average molecular weight is 250 g/mol. The molecule has 1 aromatic heterocycles. The van der Waals surface area contributed by atoms with Gasteiger partial charge in [0.05, 0.1) is 5.69 Å². The van der Waals surface area contributed by atoms with Gasteiger partial charge in [-0.25, -0.2) is 0 Å². The Morgan fingerprint density at radius 2 is 1.68 bits per heavy atom. The quantitative estimate of drug-likeness (QED) is 0.717. The first kappa shape index (κ1) is 11.6. The molecule has 94 valence electrons. The van der Waals surface area contributed by atoms with Crippen molar-refractivity contribution in [2.75, 3.05) is 0 Å². The standard InChI is InChI=1S/C15H14N4/c1-12-7-9-14(10-8-12)19-17-15(16-18-19)11-13-5-3-2-4-6-13/h2-10H,11H2,1H3. The van der Waals surface area contributed by atoms with Crippen LogP contribution in [-0.4, -0.2) is 20.2 Å². The minimum Gasteiger partial charge on any atom is -0.131 e. The Labute approximate surface area is 111 Å². The Hall–Kier alpha value is -2.49. The molecule has 0 amide bonds. The third-order valence-electron chi connectivity index (χ3n) is 2.93. The zero-order valence-corrected chi connectivity index (χ0v) is 10.7. The molecule has 0 saturated carbocycles. The Bertz CT molecular complexity index is 656. The van der Waals surface area contributed by atoms with Crippen molar-refractivity contribution in [1.29, 1.82) is 0 Å². The molecule has 3 rings (SSSR count). The van der Waals surface area contributed by atoms with Gasteiger partial charge in [0.15, 0.2) is 5.82 Å². The molecule has 4 nitrogen and oxygen atoms in total. The summed E-state index contributed by atoms with van der Waals surface area (Å²) in [7, 11) is 0. The van der Waals surface area contributed by atoms with Crippen molar-refractivity contribution >= 4 is 0 Å². The highest BCUT2D eigenvalue weighted by Crippen LogP contribution is 2.08. The van der Waals surface area contributed by atoms with E-state index in [0.717, 1.165) is 11.5 Å². The molecule has 0 fully saturated rings.